The lowest BCUT2D eigenvalue weighted by Crippen LogP contribution is -2.08. The third-order valence-corrected chi connectivity index (χ3v) is 3.44. The number of hydrogen-bond acceptors (Lipinski definition) is 5. The molecule has 1 aromatic carbocycles. The number of rotatable bonds is 2. The highest BCUT2D eigenvalue weighted by atomic mass is 32.1. The van der Waals surface area contributed by atoms with Crippen LogP contribution in [0.15, 0.2) is 29.1 Å². The molecular weight excluding hydrogens is 250 g/mol. The Morgan fingerprint density at radius 1 is 1.33 bits per heavy atom. The van der Waals surface area contributed by atoms with Crippen molar-refractivity contribution >= 4 is 23.1 Å². The zero-order chi connectivity index (χ0) is 12.5. The minimum absolute atomic E-state index is 0.155. The normalized spacial score (nSPS) is 13.4. The monoisotopic (exact) mass is 259 g/mol. The summed E-state index contributed by atoms with van der Waals surface area (Å²) < 4.78 is 5.21. The second-order valence-electron chi connectivity index (χ2n) is 4.01. The predicted octanol–water partition coefficient (Wildman–Crippen LogP) is 2.49. The van der Waals surface area contributed by atoms with Gasteiger partial charge in [0.2, 0.25) is 0 Å². The van der Waals surface area contributed by atoms with E-state index in [1.54, 1.807) is 29.1 Å². The van der Waals surface area contributed by atoms with Crippen molar-refractivity contribution in [1.82, 2.24) is 4.98 Å². The molecule has 1 aliphatic carbocycles. The number of carbonyl (C=O) groups is 2. The van der Waals surface area contributed by atoms with Gasteiger partial charge in [-0.05, 0) is 30.2 Å². The van der Waals surface area contributed by atoms with Gasteiger partial charge in [0, 0.05) is 17.4 Å². The lowest BCUT2D eigenvalue weighted by Gasteiger charge is -2.04. The Labute approximate surface area is 107 Å². The van der Waals surface area contributed by atoms with Crippen LogP contribution in [0.3, 0.4) is 0 Å². The molecule has 3 rings (SSSR count). The minimum Gasteiger partial charge on any atom is -0.422 e. The van der Waals surface area contributed by atoms with E-state index in [0.29, 0.717) is 17.9 Å². The van der Waals surface area contributed by atoms with Crippen molar-refractivity contribution < 1.29 is 14.3 Å². The smallest absolute Gasteiger partial charge is 0.363 e. The number of aromatic nitrogens is 1. The molecule has 90 valence electrons. The van der Waals surface area contributed by atoms with Crippen molar-refractivity contribution in [2.75, 3.05) is 0 Å². The summed E-state index contributed by atoms with van der Waals surface area (Å²) in [6, 6.07) is 5.12. The maximum absolute atomic E-state index is 11.7. The number of Topliss-reactive ketones (excluding diaryl/α,β-unsaturated/α-hetero) is 1. The first kappa shape index (κ1) is 11.1. The van der Waals surface area contributed by atoms with Crippen LogP contribution in [-0.2, 0) is 6.42 Å². The van der Waals surface area contributed by atoms with Gasteiger partial charge < -0.3 is 4.74 Å². The van der Waals surface area contributed by atoms with Gasteiger partial charge in [-0.3, -0.25) is 4.79 Å². The van der Waals surface area contributed by atoms with Gasteiger partial charge in [-0.25, -0.2) is 9.78 Å². The Kier molecular flexibility index (Phi) is 2.68. The van der Waals surface area contributed by atoms with E-state index >= 15 is 0 Å². The van der Waals surface area contributed by atoms with Crippen LogP contribution in [0.2, 0.25) is 0 Å². The molecule has 18 heavy (non-hydrogen) atoms. The highest BCUT2D eigenvalue weighted by molar-refractivity contribution is 7.07. The topological polar surface area (TPSA) is 56.3 Å². The molecule has 2 aromatic rings. The van der Waals surface area contributed by atoms with E-state index in [-0.39, 0.29) is 5.78 Å². The number of ether oxygens (including phenoxy) is 1. The number of esters is 1. The van der Waals surface area contributed by atoms with Gasteiger partial charge in [0.1, 0.15) is 5.75 Å². The summed E-state index contributed by atoms with van der Waals surface area (Å²) in [5.74, 6) is 0.143. The molecule has 4 nitrogen and oxygen atoms in total. The van der Waals surface area contributed by atoms with Crippen molar-refractivity contribution in [3.63, 3.8) is 0 Å². The fourth-order valence-electron chi connectivity index (χ4n) is 1.97. The number of fused-ring (bicyclic) bond motifs is 1. The first-order valence-corrected chi connectivity index (χ1v) is 6.45. The summed E-state index contributed by atoms with van der Waals surface area (Å²) in [4.78, 5) is 27.1. The summed E-state index contributed by atoms with van der Waals surface area (Å²) in [6.45, 7) is 0. The standard InChI is InChI=1S/C13H9NO3S/c15-12-4-1-8-5-9(2-3-10(8)12)17-13(16)11-6-18-7-14-11/h2-3,5-7H,1,4H2. The molecule has 0 amide bonds. The number of nitrogens with zero attached hydrogens (tertiary/aromatic N) is 1. The van der Waals surface area contributed by atoms with Crippen LogP contribution in [0.5, 0.6) is 5.75 Å². The lowest BCUT2D eigenvalue weighted by molar-refractivity contribution is 0.0729. The summed E-state index contributed by atoms with van der Waals surface area (Å²) in [5.41, 5.74) is 3.57. The minimum atomic E-state index is -0.472. The van der Waals surface area contributed by atoms with E-state index in [4.69, 9.17) is 4.74 Å². The Hall–Kier alpha value is -2.01. The van der Waals surface area contributed by atoms with Crippen LogP contribution in [0, 0.1) is 0 Å². The van der Waals surface area contributed by atoms with Crippen molar-refractivity contribution in [1.29, 1.82) is 0 Å². The molecule has 1 aromatic heterocycles. The highest BCUT2D eigenvalue weighted by Crippen LogP contribution is 2.26. The second-order valence-corrected chi connectivity index (χ2v) is 4.72. The molecule has 0 N–H and O–H groups in total. The van der Waals surface area contributed by atoms with Gasteiger partial charge in [0.05, 0.1) is 5.51 Å². The van der Waals surface area contributed by atoms with Crippen molar-refractivity contribution in [3.8, 4) is 5.75 Å². The van der Waals surface area contributed by atoms with Crippen molar-refractivity contribution in [3.05, 3.63) is 45.9 Å². The number of ketones is 1. The van der Waals surface area contributed by atoms with Crippen molar-refractivity contribution in [2.24, 2.45) is 0 Å². The summed E-state index contributed by atoms with van der Waals surface area (Å²) >= 11 is 1.34. The summed E-state index contributed by atoms with van der Waals surface area (Å²) in [6.07, 6.45) is 1.26. The van der Waals surface area contributed by atoms with Gasteiger partial charge in [-0.15, -0.1) is 11.3 Å². The molecule has 0 radical (unpaired) electrons. The van der Waals surface area contributed by atoms with Crippen LogP contribution in [-0.4, -0.2) is 16.7 Å². The van der Waals surface area contributed by atoms with E-state index in [9.17, 15) is 9.59 Å². The highest BCUT2D eigenvalue weighted by Gasteiger charge is 2.20. The zero-order valence-corrected chi connectivity index (χ0v) is 10.2. The van der Waals surface area contributed by atoms with E-state index in [0.717, 1.165) is 17.5 Å². The van der Waals surface area contributed by atoms with Gasteiger partial charge in [-0.1, -0.05) is 0 Å². The second kappa shape index (κ2) is 4.34. The quantitative estimate of drug-likeness (QED) is 0.614. The fraction of sp³-hybridized carbons (Fsp3) is 0.154. The molecule has 0 atom stereocenters. The zero-order valence-electron chi connectivity index (χ0n) is 9.38. The number of aryl methyl sites for hydroxylation is 1. The first-order chi connectivity index (χ1) is 8.74. The van der Waals surface area contributed by atoms with E-state index in [1.165, 1.54) is 11.3 Å². The summed E-state index contributed by atoms with van der Waals surface area (Å²) in [5, 5.41) is 1.64. The molecule has 0 bridgehead atoms. The Balaban J connectivity index is 1.82. The van der Waals surface area contributed by atoms with E-state index < -0.39 is 5.97 Å². The maximum atomic E-state index is 11.7. The molecule has 0 saturated carbocycles. The maximum Gasteiger partial charge on any atom is 0.363 e. The van der Waals surface area contributed by atoms with Crippen molar-refractivity contribution in [2.45, 2.75) is 12.8 Å². The predicted molar refractivity (Wildman–Crippen MR) is 66.2 cm³/mol. The van der Waals surface area contributed by atoms with Gasteiger partial charge in [0.25, 0.3) is 0 Å². The fourth-order valence-corrected chi connectivity index (χ4v) is 2.49. The Morgan fingerprint density at radius 2 is 2.22 bits per heavy atom. The molecule has 5 heteroatoms. The van der Waals surface area contributed by atoms with Crippen LogP contribution < -0.4 is 4.74 Å². The molecule has 0 saturated heterocycles. The average molecular weight is 259 g/mol. The Morgan fingerprint density at radius 3 is 3.00 bits per heavy atom. The molecule has 1 aliphatic rings. The third-order valence-electron chi connectivity index (χ3n) is 2.85. The molecular formula is C13H9NO3S. The number of benzene rings is 1. The number of thiazole rings is 1. The van der Waals surface area contributed by atoms with Gasteiger partial charge in [-0.2, -0.15) is 0 Å². The molecule has 1 heterocycles. The van der Waals surface area contributed by atoms with Crippen LogP contribution in [0.25, 0.3) is 0 Å². The van der Waals surface area contributed by atoms with Crippen LogP contribution in [0.1, 0.15) is 32.8 Å². The third kappa shape index (κ3) is 1.93. The van der Waals surface area contributed by atoms with Gasteiger partial charge >= 0.3 is 5.97 Å². The molecule has 0 spiro atoms. The number of hydrogen-bond donors (Lipinski definition) is 0. The molecule has 0 aliphatic heterocycles. The number of carbonyl (C=O) groups excluding carboxylic acids is 2. The summed E-state index contributed by atoms with van der Waals surface area (Å²) in [7, 11) is 0. The van der Waals surface area contributed by atoms with Crippen LogP contribution >= 0.6 is 11.3 Å². The lowest BCUT2D eigenvalue weighted by atomic mass is 10.1. The van der Waals surface area contributed by atoms with Crippen LogP contribution in [0.4, 0.5) is 0 Å². The van der Waals surface area contributed by atoms with E-state index in [1.807, 2.05) is 0 Å². The SMILES string of the molecule is O=C(Oc1ccc2c(c1)CCC2=O)c1cscn1. The largest absolute Gasteiger partial charge is 0.422 e. The molecule has 0 unspecified atom stereocenters. The van der Waals surface area contributed by atoms with Gasteiger partial charge in [0.15, 0.2) is 11.5 Å². The first-order valence-electron chi connectivity index (χ1n) is 5.50. The molecule has 0 fully saturated rings. The average Bonchev–Trinajstić information content (AvgIpc) is 2.99. The Bertz CT molecular complexity index is 619. The van der Waals surface area contributed by atoms with E-state index in [2.05, 4.69) is 4.98 Å².